The largest absolute Gasteiger partial charge is 0.496 e. The Labute approximate surface area is 239 Å². The van der Waals surface area contributed by atoms with Crippen LogP contribution in [0, 0.1) is 13.8 Å². The molecule has 6 heteroatoms. The van der Waals surface area contributed by atoms with Crippen LogP contribution >= 0.6 is 0 Å². The predicted molar refractivity (Wildman–Crippen MR) is 165 cm³/mol. The van der Waals surface area contributed by atoms with E-state index >= 15 is 0 Å². The number of ether oxygens (including phenoxy) is 2. The second kappa shape index (κ2) is 11.1. The van der Waals surface area contributed by atoms with E-state index in [4.69, 9.17) is 9.47 Å². The predicted octanol–water partition coefficient (Wildman–Crippen LogP) is 8.26. The van der Waals surface area contributed by atoms with E-state index in [2.05, 4.69) is 35.4 Å². The molecule has 0 fully saturated rings. The molecule has 2 N–H and O–H groups in total. The zero-order valence-electron chi connectivity index (χ0n) is 23.3. The molecule has 204 valence electrons. The summed E-state index contributed by atoms with van der Waals surface area (Å²) in [7, 11) is 1.67. The number of rotatable bonds is 7. The van der Waals surface area contributed by atoms with Crippen molar-refractivity contribution in [2.45, 2.75) is 20.5 Å². The van der Waals surface area contributed by atoms with Crippen LogP contribution in [0.3, 0.4) is 0 Å². The zero-order valence-corrected chi connectivity index (χ0v) is 23.3. The third-order valence-corrected chi connectivity index (χ3v) is 7.16. The fourth-order valence-electron chi connectivity index (χ4n) is 5.14. The van der Waals surface area contributed by atoms with Gasteiger partial charge in [-0.3, -0.25) is 4.57 Å². The second-order valence-electron chi connectivity index (χ2n) is 10.1. The van der Waals surface area contributed by atoms with Crippen molar-refractivity contribution in [3.8, 4) is 5.75 Å². The number of hydrogen-bond acceptors (Lipinski definition) is 3. The molecule has 3 aromatic carbocycles. The number of nitrogens with zero attached hydrogens (tertiary/aromatic N) is 1. The van der Waals surface area contributed by atoms with Gasteiger partial charge in [-0.15, -0.1) is 0 Å². The fourth-order valence-corrected chi connectivity index (χ4v) is 5.14. The molecular weight excluding hydrogens is 510 g/mol. The van der Waals surface area contributed by atoms with Gasteiger partial charge in [0.25, 0.3) is 0 Å². The molecule has 0 saturated heterocycles. The van der Waals surface area contributed by atoms with E-state index in [0.29, 0.717) is 12.3 Å². The van der Waals surface area contributed by atoms with Crippen LogP contribution in [0.1, 0.15) is 28.2 Å². The number of aryl methyl sites for hydroxylation is 2. The smallest absolute Gasteiger partial charge is 0.330 e. The van der Waals surface area contributed by atoms with E-state index in [-0.39, 0.29) is 6.03 Å². The van der Waals surface area contributed by atoms with Gasteiger partial charge in [-0.2, -0.15) is 0 Å². The van der Waals surface area contributed by atoms with Crippen LogP contribution < -0.4 is 10.1 Å². The Hall–Kier alpha value is -5.23. The van der Waals surface area contributed by atoms with Gasteiger partial charge in [-0.05, 0) is 85.7 Å². The van der Waals surface area contributed by atoms with Gasteiger partial charge in [0.1, 0.15) is 18.1 Å². The number of fused-ring (bicyclic) bond motifs is 1. The number of carbonyl (C=O) groups is 1. The van der Waals surface area contributed by atoms with Gasteiger partial charge in [0.15, 0.2) is 0 Å². The van der Waals surface area contributed by atoms with Crippen LogP contribution in [0.4, 0.5) is 10.5 Å². The van der Waals surface area contributed by atoms with Crippen molar-refractivity contribution in [3.63, 3.8) is 0 Å². The molecule has 6 rings (SSSR count). The molecule has 0 spiro atoms. The Balaban J connectivity index is 1.28. The van der Waals surface area contributed by atoms with E-state index in [0.717, 1.165) is 61.8 Å². The molecular formula is C35H31N3O3. The minimum absolute atomic E-state index is 0.249. The first-order chi connectivity index (χ1) is 20.0. The van der Waals surface area contributed by atoms with E-state index in [9.17, 15) is 4.79 Å². The van der Waals surface area contributed by atoms with Crippen molar-refractivity contribution in [1.29, 1.82) is 0 Å². The number of anilines is 1. The molecule has 0 unspecified atom stereocenters. The van der Waals surface area contributed by atoms with Gasteiger partial charge in [0, 0.05) is 33.6 Å². The minimum atomic E-state index is -0.249. The molecule has 2 heterocycles. The van der Waals surface area contributed by atoms with Crippen molar-refractivity contribution >= 4 is 34.3 Å². The Morgan fingerprint density at radius 2 is 1.68 bits per heavy atom. The highest BCUT2D eigenvalue weighted by Gasteiger charge is 2.22. The maximum absolute atomic E-state index is 13.8. The molecule has 2 aromatic heterocycles. The second-order valence-corrected chi connectivity index (χ2v) is 10.1. The van der Waals surface area contributed by atoms with Crippen molar-refractivity contribution in [3.05, 3.63) is 143 Å². The van der Waals surface area contributed by atoms with E-state index in [1.54, 1.807) is 11.7 Å². The SMILES string of the molecule is COC1=CC(c2cc3ccccc3n2C(=O)Nc2ccc(OCc3ccccc3)cc2)=CC1=Cc1[nH]c(C)cc1C. The van der Waals surface area contributed by atoms with Gasteiger partial charge in [0.05, 0.1) is 18.3 Å². The first-order valence-electron chi connectivity index (χ1n) is 13.5. The molecule has 1 amide bonds. The van der Waals surface area contributed by atoms with Gasteiger partial charge < -0.3 is 19.8 Å². The van der Waals surface area contributed by atoms with Crippen LogP contribution in [0.25, 0.3) is 22.6 Å². The summed E-state index contributed by atoms with van der Waals surface area (Å²) < 4.78 is 13.3. The molecule has 1 aliphatic carbocycles. The number of aromatic amines is 1. The van der Waals surface area contributed by atoms with Gasteiger partial charge in [-0.25, -0.2) is 4.79 Å². The number of nitrogens with one attached hydrogen (secondary N) is 2. The molecule has 0 saturated carbocycles. The fraction of sp³-hybridized carbons (Fsp3) is 0.114. The topological polar surface area (TPSA) is 68.3 Å². The number of allylic oxidation sites excluding steroid dienone is 3. The molecule has 5 aromatic rings. The maximum atomic E-state index is 13.8. The number of benzene rings is 3. The summed E-state index contributed by atoms with van der Waals surface area (Å²) in [6.45, 7) is 4.60. The molecule has 6 nitrogen and oxygen atoms in total. The molecule has 0 atom stereocenters. The highest BCUT2D eigenvalue weighted by Crippen LogP contribution is 2.35. The van der Waals surface area contributed by atoms with E-state index < -0.39 is 0 Å². The summed E-state index contributed by atoms with van der Waals surface area (Å²) in [6.07, 6.45) is 6.12. The highest BCUT2D eigenvalue weighted by molar-refractivity contribution is 6.03. The van der Waals surface area contributed by atoms with Crippen molar-refractivity contribution < 1.29 is 14.3 Å². The normalized spacial score (nSPS) is 13.8. The van der Waals surface area contributed by atoms with Gasteiger partial charge >= 0.3 is 6.03 Å². The zero-order chi connectivity index (χ0) is 28.3. The molecule has 41 heavy (non-hydrogen) atoms. The average molecular weight is 542 g/mol. The van der Waals surface area contributed by atoms with Crippen LogP contribution in [0.5, 0.6) is 5.75 Å². The van der Waals surface area contributed by atoms with Crippen LogP contribution in [0.2, 0.25) is 0 Å². The van der Waals surface area contributed by atoms with Crippen LogP contribution in [-0.4, -0.2) is 22.7 Å². The lowest BCUT2D eigenvalue weighted by atomic mass is 10.1. The quantitative estimate of drug-likeness (QED) is 0.218. The number of hydrogen-bond donors (Lipinski definition) is 2. The van der Waals surface area contributed by atoms with Crippen LogP contribution in [-0.2, 0) is 11.3 Å². The lowest BCUT2D eigenvalue weighted by Gasteiger charge is -2.12. The first-order valence-corrected chi connectivity index (χ1v) is 13.5. The number of H-pyrrole nitrogens is 1. The van der Waals surface area contributed by atoms with E-state index in [1.165, 1.54) is 0 Å². The summed E-state index contributed by atoms with van der Waals surface area (Å²) in [5.74, 6) is 1.48. The summed E-state index contributed by atoms with van der Waals surface area (Å²) >= 11 is 0. The summed E-state index contributed by atoms with van der Waals surface area (Å²) in [6, 6.07) is 29.2. The maximum Gasteiger partial charge on any atom is 0.330 e. The standard InChI is InChI=1S/C35H31N3O3/c1-23-17-24(2)36-31(23)19-28-18-27(21-34(28)40-3)33-20-26-11-7-8-12-32(26)38(33)35(39)37-29-13-15-30(16-14-29)41-22-25-9-5-4-6-10-25/h4-21,36H,22H2,1-3H3,(H,37,39). The number of carbonyl (C=O) groups excluding carboxylic acids is 1. The molecule has 1 aliphatic rings. The van der Waals surface area contributed by atoms with Crippen LogP contribution in [0.15, 0.2) is 114 Å². The minimum Gasteiger partial charge on any atom is -0.496 e. The third kappa shape index (κ3) is 5.45. The van der Waals surface area contributed by atoms with Crippen molar-refractivity contribution in [2.24, 2.45) is 0 Å². The average Bonchev–Trinajstić information content (AvgIpc) is 3.67. The lowest BCUT2D eigenvalue weighted by molar-refractivity contribution is 0.254. The molecule has 0 bridgehead atoms. The van der Waals surface area contributed by atoms with Crippen molar-refractivity contribution in [1.82, 2.24) is 9.55 Å². The molecule has 0 radical (unpaired) electrons. The lowest BCUT2D eigenvalue weighted by Crippen LogP contribution is -2.21. The number of methoxy groups -OCH3 is 1. The molecule has 0 aliphatic heterocycles. The number of aromatic nitrogens is 2. The summed E-state index contributed by atoms with van der Waals surface area (Å²) in [5, 5.41) is 4.03. The Kier molecular flexibility index (Phi) is 7.04. The number of para-hydroxylation sites is 1. The van der Waals surface area contributed by atoms with Gasteiger partial charge in [0.2, 0.25) is 0 Å². The highest BCUT2D eigenvalue weighted by atomic mass is 16.5. The number of amides is 1. The monoisotopic (exact) mass is 541 g/mol. The Bertz CT molecular complexity index is 1820. The Morgan fingerprint density at radius 1 is 0.927 bits per heavy atom. The van der Waals surface area contributed by atoms with E-state index in [1.807, 2.05) is 97.9 Å². The third-order valence-electron chi connectivity index (χ3n) is 7.16. The summed E-state index contributed by atoms with van der Waals surface area (Å²) in [5.41, 5.74) is 8.52. The Morgan fingerprint density at radius 3 is 2.41 bits per heavy atom. The summed E-state index contributed by atoms with van der Waals surface area (Å²) in [4.78, 5) is 17.2. The van der Waals surface area contributed by atoms with Crippen molar-refractivity contribution in [2.75, 3.05) is 12.4 Å². The first kappa shape index (κ1) is 26.0. The van der Waals surface area contributed by atoms with Gasteiger partial charge in [-0.1, -0.05) is 48.5 Å².